The summed E-state index contributed by atoms with van der Waals surface area (Å²) in [5.41, 5.74) is 7.04. The van der Waals surface area contributed by atoms with Crippen LogP contribution in [0, 0.1) is 0 Å². The highest BCUT2D eigenvalue weighted by molar-refractivity contribution is 6.35. The third-order valence-electron chi connectivity index (χ3n) is 3.84. The zero-order chi connectivity index (χ0) is 13.8. The first kappa shape index (κ1) is 15.1. The van der Waals surface area contributed by atoms with Crippen molar-refractivity contribution < 1.29 is 0 Å². The fourth-order valence-corrected chi connectivity index (χ4v) is 3.17. The van der Waals surface area contributed by atoms with Crippen LogP contribution in [-0.2, 0) is 0 Å². The van der Waals surface area contributed by atoms with Gasteiger partial charge < -0.3 is 10.6 Å². The second-order valence-corrected chi connectivity index (χ2v) is 5.73. The summed E-state index contributed by atoms with van der Waals surface area (Å²) >= 11 is 12.3. The first-order chi connectivity index (χ1) is 9.15. The number of rotatable bonds is 4. The normalized spacial score (nSPS) is 19.6. The molecule has 3 nitrogen and oxygen atoms in total. The van der Waals surface area contributed by atoms with Crippen LogP contribution >= 0.6 is 23.2 Å². The number of hydrogen-bond donors (Lipinski definition) is 1. The number of nitrogens with zero attached hydrogens (tertiary/aromatic N) is 2. The second kappa shape index (κ2) is 6.91. The lowest BCUT2D eigenvalue weighted by molar-refractivity contribution is 0.102. The van der Waals surface area contributed by atoms with E-state index in [9.17, 15) is 0 Å². The molecule has 1 heterocycles. The quantitative estimate of drug-likeness (QED) is 0.928. The zero-order valence-corrected chi connectivity index (χ0v) is 12.8. The van der Waals surface area contributed by atoms with Crippen molar-refractivity contribution in [3.8, 4) is 0 Å². The van der Waals surface area contributed by atoms with Crippen LogP contribution in [0.3, 0.4) is 0 Å². The number of benzene rings is 1. The largest absolute Gasteiger partial charge is 0.329 e. The number of hydrogen-bond acceptors (Lipinski definition) is 3. The molecule has 1 aromatic carbocycles. The maximum absolute atomic E-state index is 6.30. The molecule has 2 N–H and O–H groups in total. The van der Waals surface area contributed by atoms with Gasteiger partial charge in [-0.2, -0.15) is 0 Å². The molecule has 5 heteroatoms. The van der Waals surface area contributed by atoms with Gasteiger partial charge in [-0.1, -0.05) is 36.2 Å². The second-order valence-electron chi connectivity index (χ2n) is 4.89. The molecule has 1 aliphatic rings. The molecule has 0 bridgehead atoms. The van der Waals surface area contributed by atoms with Crippen molar-refractivity contribution in [2.45, 2.75) is 13.0 Å². The Hall–Kier alpha value is -0.320. The fraction of sp³-hybridized carbons (Fsp3) is 0.571. The number of likely N-dealkylation sites (N-methyl/N-ethyl adjacent to an activating group) is 1. The van der Waals surface area contributed by atoms with Gasteiger partial charge in [-0.15, -0.1) is 0 Å². The monoisotopic (exact) mass is 301 g/mol. The minimum atomic E-state index is 0.184. The molecule has 1 aromatic rings. The molecule has 1 aliphatic heterocycles. The van der Waals surface area contributed by atoms with E-state index in [1.165, 1.54) is 0 Å². The SMILES string of the molecule is CCN1CCN(C(CN)c2ccc(Cl)cc2Cl)CC1. The molecule has 0 aliphatic carbocycles. The predicted molar refractivity (Wildman–Crippen MR) is 81.9 cm³/mol. The number of piperazine rings is 1. The van der Waals surface area contributed by atoms with Crippen molar-refractivity contribution in [2.75, 3.05) is 39.3 Å². The van der Waals surface area contributed by atoms with Crippen LogP contribution in [0.15, 0.2) is 18.2 Å². The van der Waals surface area contributed by atoms with Crippen LogP contribution < -0.4 is 5.73 Å². The molecule has 19 heavy (non-hydrogen) atoms. The fourth-order valence-electron chi connectivity index (χ4n) is 2.64. The van der Waals surface area contributed by atoms with E-state index in [0.717, 1.165) is 38.3 Å². The Morgan fingerprint density at radius 3 is 2.42 bits per heavy atom. The molecule has 2 rings (SSSR count). The van der Waals surface area contributed by atoms with E-state index in [2.05, 4.69) is 16.7 Å². The molecular formula is C14H21Cl2N3. The lowest BCUT2D eigenvalue weighted by Crippen LogP contribution is -2.48. The average Bonchev–Trinajstić information content (AvgIpc) is 2.42. The molecule has 0 saturated carbocycles. The lowest BCUT2D eigenvalue weighted by atomic mass is 10.0. The molecule has 0 radical (unpaired) electrons. The highest BCUT2D eigenvalue weighted by Gasteiger charge is 2.24. The third kappa shape index (κ3) is 3.61. The molecule has 1 saturated heterocycles. The molecule has 0 aromatic heterocycles. The van der Waals surface area contributed by atoms with Crippen molar-refractivity contribution in [3.05, 3.63) is 33.8 Å². The van der Waals surface area contributed by atoms with Crippen molar-refractivity contribution in [1.29, 1.82) is 0 Å². The Morgan fingerprint density at radius 2 is 1.89 bits per heavy atom. The van der Waals surface area contributed by atoms with Crippen LogP contribution in [0.2, 0.25) is 10.0 Å². The molecule has 1 atom stereocenters. The van der Waals surface area contributed by atoms with Gasteiger partial charge in [0, 0.05) is 48.8 Å². The number of nitrogens with two attached hydrogens (primary N) is 1. The summed E-state index contributed by atoms with van der Waals surface area (Å²) in [4.78, 5) is 4.87. The minimum Gasteiger partial charge on any atom is -0.329 e. The van der Waals surface area contributed by atoms with Gasteiger partial charge in [0.1, 0.15) is 0 Å². The summed E-state index contributed by atoms with van der Waals surface area (Å²) in [7, 11) is 0. The van der Waals surface area contributed by atoms with Crippen LogP contribution in [0.5, 0.6) is 0 Å². The maximum atomic E-state index is 6.30. The van der Waals surface area contributed by atoms with E-state index in [4.69, 9.17) is 28.9 Å². The summed E-state index contributed by atoms with van der Waals surface area (Å²) in [5.74, 6) is 0. The first-order valence-corrected chi connectivity index (χ1v) is 7.52. The van der Waals surface area contributed by atoms with Gasteiger partial charge in [0.15, 0.2) is 0 Å². The van der Waals surface area contributed by atoms with Gasteiger partial charge in [-0.3, -0.25) is 4.90 Å². The van der Waals surface area contributed by atoms with Crippen LogP contribution in [-0.4, -0.2) is 49.1 Å². The van der Waals surface area contributed by atoms with Crippen LogP contribution in [0.4, 0.5) is 0 Å². The van der Waals surface area contributed by atoms with Gasteiger partial charge in [-0.05, 0) is 24.2 Å². The van der Waals surface area contributed by atoms with Crippen molar-refractivity contribution in [3.63, 3.8) is 0 Å². The van der Waals surface area contributed by atoms with E-state index in [1.807, 2.05) is 12.1 Å². The Morgan fingerprint density at radius 1 is 1.21 bits per heavy atom. The Labute approximate surface area is 125 Å². The van der Waals surface area contributed by atoms with Crippen molar-refractivity contribution in [2.24, 2.45) is 5.73 Å². The summed E-state index contributed by atoms with van der Waals surface area (Å²) in [6.07, 6.45) is 0. The Kier molecular flexibility index (Phi) is 5.48. The molecule has 0 spiro atoms. The van der Waals surface area contributed by atoms with E-state index < -0.39 is 0 Å². The standard InChI is InChI=1S/C14H21Cl2N3/c1-2-18-5-7-19(8-6-18)14(10-17)12-4-3-11(15)9-13(12)16/h3-4,9,14H,2,5-8,10,17H2,1H3. The van der Waals surface area contributed by atoms with Gasteiger partial charge in [0.25, 0.3) is 0 Å². The van der Waals surface area contributed by atoms with Crippen molar-refractivity contribution in [1.82, 2.24) is 9.80 Å². The summed E-state index contributed by atoms with van der Waals surface area (Å²) < 4.78 is 0. The highest BCUT2D eigenvalue weighted by atomic mass is 35.5. The first-order valence-electron chi connectivity index (χ1n) is 6.77. The maximum Gasteiger partial charge on any atom is 0.0486 e. The van der Waals surface area contributed by atoms with E-state index in [-0.39, 0.29) is 6.04 Å². The summed E-state index contributed by atoms with van der Waals surface area (Å²) in [6.45, 7) is 8.15. The molecule has 1 unspecified atom stereocenters. The van der Waals surface area contributed by atoms with E-state index in [0.29, 0.717) is 16.6 Å². The van der Waals surface area contributed by atoms with Gasteiger partial charge in [0.2, 0.25) is 0 Å². The molecule has 1 fully saturated rings. The smallest absolute Gasteiger partial charge is 0.0486 e. The Bertz CT molecular complexity index is 417. The lowest BCUT2D eigenvalue weighted by Gasteiger charge is -2.39. The number of halogens is 2. The van der Waals surface area contributed by atoms with E-state index >= 15 is 0 Å². The summed E-state index contributed by atoms with van der Waals surface area (Å²) in [6, 6.07) is 5.86. The molecular weight excluding hydrogens is 281 g/mol. The predicted octanol–water partition coefficient (Wildman–Crippen LogP) is 2.63. The minimum absolute atomic E-state index is 0.184. The third-order valence-corrected chi connectivity index (χ3v) is 4.40. The molecule has 106 valence electrons. The van der Waals surface area contributed by atoms with Crippen LogP contribution in [0.1, 0.15) is 18.5 Å². The topological polar surface area (TPSA) is 32.5 Å². The van der Waals surface area contributed by atoms with E-state index in [1.54, 1.807) is 6.07 Å². The Balaban J connectivity index is 2.12. The molecule has 0 amide bonds. The summed E-state index contributed by atoms with van der Waals surface area (Å²) in [5, 5.41) is 1.38. The van der Waals surface area contributed by atoms with Crippen molar-refractivity contribution >= 4 is 23.2 Å². The average molecular weight is 302 g/mol. The highest BCUT2D eigenvalue weighted by Crippen LogP contribution is 2.29. The van der Waals surface area contributed by atoms with Gasteiger partial charge in [-0.25, -0.2) is 0 Å². The zero-order valence-electron chi connectivity index (χ0n) is 11.3. The van der Waals surface area contributed by atoms with Gasteiger partial charge in [0.05, 0.1) is 0 Å². The van der Waals surface area contributed by atoms with Crippen LogP contribution in [0.25, 0.3) is 0 Å². The van der Waals surface area contributed by atoms with Gasteiger partial charge >= 0.3 is 0 Å².